The lowest BCUT2D eigenvalue weighted by Crippen LogP contribution is -2.21. The summed E-state index contributed by atoms with van der Waals surface area (Å²) in [5, 5.41) is 2.88. The molecule has 0 saturated heterocycles. The van der Waals surface area contributed by atoms with Gasteiger partial charge in [0, 0.05) is 5.69 Å². The van der Waals surface area contributed by atoms with Gasteiger partial charge in [-0.2, -0.15) is 0 Å². The van der Waals surface area contributed by atoms with Crippen molar-refractivity contribution >= 4 is 22.9 Å². The summed E-state index contributed by atoms with van der Waals surface area (Å²) in [5.74, 6) is 0.984. The first-order chi connectivity index (χ1) is 11.8. The summed E-state index contributed by atoms with van der Waals surface area (Å²) in [6.07, 6.45) is 2.43. The highest BCUT2D eigenvalue weighted by molar-refractivity contribution is 5.93. The Balaban J connectivity index is 1.60. The van der Waals surface area contributed by atoms with Crippen LogP contribution in [0.2, 0.25) is 0 Å². The lowest BCUT2D eigenvalue weighted by atomic mass is 10.3. The number of fused-ring (bicyclic) bond motifs is 1. The number of rotatable bonds is 6. The van der Waals surface area contributed by atoms with Crippen molar-refractivity contribution in [3.8, 4) is 5.69 Å². The minimum absolute atomic E-state index is 0.0640. The summed E-state index contributed by atoms with van der Waals surface area (Å²) >= 11 is 0. The highest BCUT2D eigenvalue weighted by Gasteiger charge is 2.22. The number of nitrogens with one attached hydrogen (secondary N) is 1. The van der Waals surface area contributed by atoms with E-state index in [4.69, 9.17) is 4.74 Å². The van der Waals surface area contributed by atoms with Crippen LogP contribution in [0.5, 0.6) is 0 Å². The summed E-state index contributed by atoms with van der Waals surface area (Å²) in [6.45, 7) is 0.733. The largest absolute Gasteiger partial charge is 0.371 e. The highest BCUT2D eigenvalue weighted by Crippen LogP contribution is 2.28. The van der Waals surface area contributed by atoms with Gasteiger partial charge in [-0.15, -0.1) is 0 Å². The van der Waals surface area contributed by atoms with Crippen LogP contribution in [0, 0.1) is 5.92 Å². The maximum atomic E-state index is 12.2. The molecule has 3 aromatic rings. The van der Waals surface area contributed by atoms with Crippen molar-refractivity contribution in [1.82, 2.24) is 9.55 Å². The number of aromatic nitrogens is 2. The van der Waals surface area contributed by atoms with E-state index in [9.17, 15) is 4.79 Å². The van der Waals surface area contributed by atoms with E-state index < -0.39 is 0 Å². The average molecular weight is 321 g/mol. The molecule has 1 saturated carbocycles. The minimum Gasteiger partial charge on any atom is -0.371 e. The molecule has 122 valence electrons. The summed E-state index contributed by atoms with van der Waals surface area (Å²) in [7, 11) is 0. The Morgan fingerprint density at radius 1 is 1.12 bits per heavy atom. The molecule has 1 heterocycles. The molecule has 1 aromatic heterocycles. The standard InChI is InChI=1S/C19H19N3O2/c23-18(13-24-12-14-10-11-14)21-19-20-16-8-4-5-9-17(16)22(19)15-6-2-1-3-7-15/h1-9,14H,10-13H2,(H,20,21,23). The lowest BCUT2D eigenvalue weighted by molar-refractivity contribution is -0.120. The van der Waals surface area contributed by atoms with Crippen LogP contribution in [0.15, 0.2) is 54.6 Å². The number of benzene rings is 2. The van der Waals surface area contributed by atoms with E-state index >= 15 is 0 Å². The third kappa shape index (κ3) is 3.16. The Morgan fingerprint density at radius 3 is 2.67 bits per heavy atom. The number of hydrogen-bond acceptors (Lipinski definition) is 3. The molecule has 1 amide bonds. The first kappa shape index (κ1) is 14.9. The van der Waals surface area contributed by atoms with Crippen LogP contribution in [-0.4, -0.2) is 28.7 Å². The number of amides is 1. The van der Waals surface area contributed by atoms with Gasteiger partial charge in [0.1, 0.15) is 6.61 Å². The SMILES string of the molecule is O=C(COCC1CC1)Nc1nc2ccccc2n1-c1ccccc1. The molecule has 1 fully saturated rings. The molecule has 2 aromatic carbocycles. The van der Waals surface area contributed by atoms with Gasteiger partial charge in [-0.05, 0) is 43.0 Å². The first-order valence-corrected chi connectivity index (χ1v) is 8.22. The number of nitrogens with zero attached hydrogens (tertiary/aromatic N) is 2. The smallest absolute Gasteiger partial charge is 0.252 e. The quantitative estimate of drug-likeness (QED) is 0.757. The molecule has 0 radical (unpaired) electrons. The maximum Gasteiger partial charge on any atom is 0.252 e. The van der Waals surface area contributed by atoms with Crippen LogP contribution in [-0.2, 0) is 9.53 Å². The fourth-order valence-electron chi connectivity index (χ4n) is 2.71. The Kier molecular flexibility index (Phi) is 4.01. The zero-order valence-electron chi connectivity index (χ0n) is 13.3. The molecule has 0 atom stereocenters. The monoisotopic (exact) mass is 321 g/mol. The van der Waals surface area contributed by atoms with E-state index in [1.165, 1.54) is 12.8 Å². The van der Waals surface area contributed by atoms with Gasteiger partial charge >= 0.3 is 0 Å². The molecule has 5 nitrogen and oxygen atoms in total. The summed E-state index contributed by atoms with van der Waals surface area (Å²) in [6, 6.07) is 17.7. The van der Waals surface area contributed by atoms with Crippen LogP contribution in [0.25, 0.3) is 16.7 Å². The van der Waals surface area contributed by atoms with Crippen LogP contribution < -0.4 is 5.32 Å². The zero-order valence-corrected chi connectivity index (χ0v) is 13.3. The highest BCUT2D eigenvalue weighted by atomic mass is 16.5. The fraction of sp³-hybridized carbons (Fsp3) is 0.263. The Morgan fingerprint density at radius 2 is 1.88 bits per heavy atom. The third-order valence-electron chi connectivity index (χ3n) is 4.11. The van der Waals surface area contributed by atoms with Gasteiger partial charge < -0.3 is 4.74 Å². The number of para-hydroxylation sites is 3. The maximum absolute atomic E-state index is 12.2. The number of carbonyl (C=O) groups is 1. The molecular formula is C19H19N3O2. The topological polar surface area (TPSA) is 56.1 Å². The molecular weight excluding hydrogens is 302 g/mol. The van der Waals surface area contributed by atoms with E-state index in [2.05, 4.69) is 10.3 Å². The Labute approximate surface area is 140 Å². The van der Waals surface area contributed by atoms with E-state index in [1.54, 1.807) is 0 Å². The molecule has 1 N–H and O–H groups in total. The van der Waals surface area contributed by atoms with Gasteiger partial charge in [-0.1, -0.05) is 30.3 Å². The molecule has 4 rings (SSSR count). The van der Waals surface area contributed by atoms with Gasteiger partial charge in [0.25, 0.3) is 5.91 Å². The number of carbonyl (C=O) groups excluding carboxylic acids is 1. The Bertz CT molecular complexity index is 853. The molecule has 5 heteroatoms. The van der Waals surface area contributed by atoms with Crippen molar-refractivity contribution in [2.24, 2.45) is 5.92 Å². The van der Waals surface area contributed by atoms with E-state index in [1.807, 2.05) is 59.2 Å². The predicted molar refractivity (Wildman–Crippen MR) is 93.2 cm³/mol. The van der Waals surface area contributed by atoms with Gasteiger partial charge in [-0.25, -0.2) is 4.98 Å². The molecule has 0 unspecified atom stereocenters. The second-order valence-electron chi connectivity index (χ2n) is 6.10. The van der Waals surface area contributed by atoms with Crippen molar-refractivity contribution in [2.45, 2.75) is 12.8 Å². The number of imidazole rings is 1. The van der Waals surface area contributed by atoms with Crippen molar-refractivity contribution in [1.29, 1.82) is 0 Å². The first-order valence-electron chi connectivity index (χ1n) is 8.22. The van der Waals surface area contributed by atoms with Crippen molar-refractivity contribution in [3.63, 3.8) is 0 Å². The third-order valence-corrected chi connectivity index (χ3v) is 4.11. The van der Waals surface area contributed by atoms with Gasteiger partial charge in [0.05, 0.1) is 17.6 Å². The van der Waals surface area contributed by atoms with E-state index in [-0.39, 0.29) is 12.5 Å². The fourth-order valence-corrected chi connectivity index (χ4v) is 2.71. The second-order valence-corrected chi connectivity index (χ2v) is 6.10. The van der Waals surface area contributed by atoms with Gasteiger partial charge in [0.2, 0.25) is 5.95 Å². The molecule has 24 heavy (non-hydrogen) atoms. The van der Waals surface area contributed by atoms with Crippen LogP contribution >= 0.6 is 0 Å². The van der Waals surface area contributed by atoms with Gasteiger partial charge in [-0.3, -0.25) is 14.7 Å². The summed E-state index contributed by atoms with van der Waals surface area (Å²) < 4.78 is 7.41. The van der Waals surface area contributed by atoms with Crippen LogP contribution in [0.4, 0.5) is 5.95 Å². The van der Waals surface area contributed by atoms with Gasteiger partial charge in [0.15, 0.2) is 0 Å². The molecule has 0 bridgehead atoms. The van der Waals surface area contributed by atoms with Crippen molar-refractivity contribution < 1.29 is 9.53 Å². The lowest BCUT2D eigenvalue weighted by Gasteiger charge is -2.10. The van der Waals surface area contributed by atoms with E-state index in [0.717, 1.165) is 16.7 Å². The zero-order chi connectivity index (χ0) is 16.4. The molecule has 0 spiro atoms. The predicted octanol–water partition coefficient (Wildman–Crippen LogP) is 3.39. The van der Waals surface area contributed by atoms with Crippen molar-refractivity contribution in [2.75, 3.05) is 18.5 Å². The van der Waals surface area contributed by atoms with Crippen LogP contribution in [0.1, 0.15) is 12.8 Å². The van der Waals surface area contributed by atoms with E-state index in [0.29, 0.717) is 18.5 Å². The number of ether oxygens (including phenoxy) is 1. The number of hydrogen-bond donors (Lipinski definition) is 1. The van der Waals surface area contributed by atoms with Crippen LogP contribution in [0.3, 0.4) is 0 Å². The minimum atomic E-state index is -0.178. The second kappa shape index (κ2) is 6.45. The summed E-state index contributed by atoms with van der Waals surface area (Å²) in [5.41, 5.74) is 2.76. The molecule has 0 aliphatic heterocycles. The molecule has 1 aliphatic carbocycles. The van der Waals surface area contributed by atoms with Crippen molar-refractivity contribution in [3.05, 3.63) is 54.6 Å². The average Bonchev–Trinajstić information content (AvgIpc) is 3.35. The number of anilines is 1. The Hall–Kier alpha value is -2.66. The molecule has 1 aliphatic rings. The summed E-state index contributed by atoms with van der Waals surface area (Å²) in [4.78, 5) is 16.7. The normalized spacial score (nSPS) is 14.0.